The molecule has 0 fully saturated rings. The SMILES string of the molecule is O=C1CC(=O)c2cccc(I)c2N1. The summed E-state index contributed by atoms with van der Waals surface area (Å²) in [6.07, 6.45) is -0.0346. The summed E-state index contributed by atoms with van der Waals surface area (Å²) >= 11 is 2.10. The molecule has 0 unspecified atom stereocenters. The largest absolute Gasteiger partial charge is 0.324 e. The van der Waals surface area contributed by atoms with Crippen LogP contribution in [-0.2, 0) is 4.79 Å². The van der Waals surface area contributed by atoms with E-state index in [2.05, 4.69) is 27.9 Å². The highest BCUT2D eigenvalue weighted by atomic mass is 127. The summed E-state index contributed by atoms with van der Waals surface area (Å²) in [7, 11) is 0. The minimum absolute atomic E-state index is 0.0346. The summed E-state index contributed by atoms with van der Waals surface area (Å²) in [5.41, 5.74) is 1.27. The van der Waals surface area contributed by atoms with Gasteiger partial charge in [-0.25, -0.2) is 0 Å². The van der Waals surface area contributed by atoms with Crippen LogP contribution in [0.3, 0.4) is 0 Å². The van der Waals surface area contributed by atoms with Crippen LogP contribution in [0.15, 0.2) is 18.2 Å². The van der Waals surface area contributed by atoms with Gasteiger partial charge in [0.15, 0.2) is 5.78 Å². The van der Waals surface area contributed by atoms with Gasteiger partial charge in [0, 0.05) is 9.13 Å². The monoisotopic (exact) mass is 287 g/mol. The van der Waals surface area contributed by atoms with Crippen LogP contribution in [0.5, 0.6) is 0 Å². The lowest BCUT2D eigenvalue weighted by Gasteiger charge is -2.16. The minimum Gasteiger partial charge on any atom is -0.324 e. The third-order valence-corrected chi connectivity index (χ3v) is 2.80. The smallest absolute Gasteiger partial charge is 0.232 e. The molecule has 1 heterocycles. The quantitative estimate of drug-likeness (QED) is 0.584. The van der Waals surface area contributed by atoms with Crippen molar-refractivity contribution in [3.63, 3.8) is 0 Å². The van der Waals surface area contributed by atoms with Gasteiger partial charge in [0.2, 0.25) is 5.91 Å². The van der Waals surface area contributed by atoms with Crippen LogP contribution >= 0.6 is 22.6 Å². The first-order chi connectivity index (χ1) is 6.18. The number of nitrogens with one attached hydrogen (secondary N) is 1. The zero-order chi connectivity index (χ0) is 9.42. The second kappa shape index (κ2) is 3.10. The third-order valence-electron chi connectivity index (χ3n) is 1.90. The van der Waals surface area contributed by atoms with E-state index in [1.165, 1.54) is 0 Å². The van der Waals surface area contributed by atoms with Crippen molar-refractivity contribution in [2.24, 2.45) is 0 Å². The average molecular weight is 287 g/mol. The molecule has 3 nitrogen and oxygen atoms in total. The summed E-state index contributed by atoms with van der Waals surface area (Å²) in [5.74, 6) is -0.320. The maximum Gasteiger partial charge on any atom is 0.232 e. The Hall–Kier alpha value is -0.910. The molecule has 4 heteroatoms. The van der Waals surface area contributed by atoms with Crippen molar-refractivity contribution in [1.29, 1.82) is 0 Å². The van der Waals surface area contributed by atoms with Gasteiger partial charge in [0.05, 0.1) is 12.1 Å². The Morgan fingerprint density at radius 1 is 1.31 bits per heavy atom. The maximum atomic E-state index is 11.4. The Bertz CT molecular complexity index is 401. The molecule has 0 bridgehead atoms. The molecule has 13 heavy (non-hydrogen) atoms. The minimum atomic E-state index is -0.221. The molecule has 0 aromatic heterocycles. The number of fused-ring (bicyclic) bond motifs is 1. The third kappa shape index (κ3) is 1.46. The Morgan fingerprint density at radius 3 is 2.85 bits per heavy atom. The lowest BCUT2D eigenvalue weighted by molar-refractivity contribution is -0.115. The summed E-state index contributed by atoms with van der Waals surface area (Å²) in [4.78, 5) is 22.4. The van der Waals surface area contributed by atoms with Gasteiger partial charge < -0.3 is 5.32 Å². The number of para-hydroxylation sites is 1. The molecule has 1 amide bonds. The molecule has 1 aliphatic heterocycles. The van der Waals surface area contributed by atoms with E-state index < -0.39 is 0 Å². The number of amides is 1. The predicted molar refractivity (Wildman–Crippen MR) is 56.7 cm³/mol. The van der Waals surface area contributed by atoms with Gasteiger partial charge in [-0.15, -0.1) is 0 Å². The number of rotatable bonds is 0. The Balaban J connectivity index is 2.61. The van der Waals surface area contributed by atoms with Crippen LogP contribution in [0.4, 0.5) is 5.69 Å². The first-order valence-electron chi connectivity index (χ1n) is 3.80. The Kier molecular flexibility index (Phi) is 2.07. The van der Waals surface area contributed by atoms with Crippen molar-refractivity contribution < 1.29 is 9.59 Å². The first-order valence-corrected chi connectivity index (χ1v) is 4.88. The van der Waals surface area contributed by atoms with Gasteiger partial charge in [-0.3, -0.25) is 9.59 Å². The van der Waals surface area contributed by atoms with Gasteiger partial charge in [0.1, 0.15) is 0 Å². The number of Topliss-reactive ketones (excluding diaryl/α,β-unsaturated/α-hetero) is 1. The van der Waals surface area contributed by atoms with Gasteiger partial charge >= 0.3 is 0 Å². The van der Waals surface area contributed by atoms with Crippen LogP contribution in [0, 0.1) is 3.57 Å². The van der Waals surface area contributed by atoms with Crippen molar-refractivity contribution in [2.45, 2.75) is 6.42 Å². The molecule has 0 spiro atoms. The number of ketones is 1. The van der Waals surface area contributed by atoms with Crippen LogP contribution in [-0.4, -0.2) is 11.7 Å². The Morgan fingerprint density at radius 2 is 2.08 bits per heavy atom. The molecule has 1 aromatic rings. The molecule has 66 valence electrons. The number of carbonyl (C=O) groups is 2. The Labute approximate surface area is 88.7 Å². The first kappa shape index (κ1) is 8.68. The molecule has 1 aliphatic rings. The molecule has 0 saturated carbocycles. The van der Waals surface area contributed by atoms with E-state index in [1.807, 2.05) is 12.1 Å². The lowest BCUT2D eigenvalue weighted by atomic mass is 10.0. The number of halogens is 1. The van der Waals surface area contributed by atoms with E-state index in [-0.39, 0.29) is 18.1 Å². The highest BCUT2D eigenvalue weighted by Gasteiger charge is 2.23. The van der Waals surface area contributed by atoms with Crippen LogP contribution in [0.25, 0.3) is 0 Å². The average Bonchev–Trinajstić information content (AvgIpc) is 2.07. The van der Waals surface area contributed by atoms with Crippen molar-refractivity contribution in [3.8, 4) is 0 Å². The van der Waals surface area contributed by atoms with Crippen molar-refractivity contribution in [2.75, 3.05) is 5.32 Å². The number of hydrogen-bond acceptors (Lipinski definition) is 2. The standard InChI is InChI=1S/C9H6INO2/c10-6-3-1-2-5-7(12)4-8(13)11-9(5)6/h1-3H,4H2,(H,11,13). The summed E-state index contributed by atoms with van der Waals surface area (Å²) in [6.45, 7) is 0. The van der Waals surface area contributed by atoms with Gasteiger partial charge in [0.25, 0.3) is 0 Å². The van der Waals surface area contributed by atoms with Crippen LogP contribution < -0.4 is 5.32 Å². The second-order valence-electron chi connectivity index (χ2n) is 2.81. The highest BCUT2D eigenvalue weighted by molar-refractivity contribution is 14.1. The maximum absolute atomic E-state index is 11.4. The molecule has 1 N–H and O–H groups in total. The van der Waals surface area contributed by atoms with E-state index in [4.69, 9.17) is 0 Å². The molecule has 1 aromatic carbocycles. The summed E-state index contributed by atoms with van der Waals surface area (Å²) < 4.78 is 0.900. The highest BCUT2D eigenvalue weighted by Crippen LogP contribution is 2.27. The van der Waals surface area contributed by atoms with E-state index in [1.54, 1.807) is 6.07 Å². The van der Waals surface area contributed by atoms with Gasteiger partial charge in [-0.05, 0) is 34.7 Å². The molecule has 0 radical (unpaired) electrons. The molecular weight excluding hydrogens is 281 g/mol. The molecular formula is C9H6INO2. The number of anilines is 1. The van der Waals surface area contributed by atoms with Crippen LogP contribution in [0.1, 0.15) is 16.8 Å². The fourth-order valence-electron chi connectivity index (χ4n) is 1.31. The predicted octanol–water partition coefficient (Wildman–Crippen LogP) is 1.82. The topological polar surface area (TPSA) is 46.2 Å². The van der Waals surface area contributed by atoms with Gasteiger partial charge in [-0.2, -0.15) is 0 Å². The lowest BCUT2D eigenvalue weighted by Crippen LogP contribution is -2.24. The molecule has 0 saturated heterocycles. The van der Waals surface area contributed by atoms with E-state index in [0.717, 1.165) is 3.57 Å². The fourth-order valence-corrected chi connectivity index (χ4v) is 1.94. The second-order valence-corrected chi connectivity index (χ2v) is 3.97. The zero-order valence-corrected chi connectivity index (χ0v) is 8.79. The van der Waals surface area contributed by atoms with Crippen molar-refractivity contribution in [3.05, 3.63) is 27.3 Å². The van der Waals surface area contributed by atoms with Gasteiger partial charge in [-0.1, -0.05) is 6.07 Å². The van der Waals surface area contributed by atoms with Crippen molar-refractivity contribution >= 4 is 40.0 Å². The number of hydrogen-bond donors (Lipinski definition) is 1. The number of benzene rings is 1. The van der Waals surface area contributed by atoms with E-state index >= 15 is 0 Å². The summed E-state index contributed by atoms with van der Waals surface area (Å²) in [6, 6.07) is 5.41. The molecule has 2 rings (SSSR count). The summed E-state index contributed by atoms with van der Waals surface area (Å²) in [5, 5.41) is 2.69. The van der Waals surface area contributed by atoms with E-state index in [0.29, 0.717) is 11.3 Å². The number of carbonyl (C=O) groups excluding carboxylic acids is 2. The molecule has 0 aliphatic carbocycles. The van der Waals surface area contributed by atoms with Crippen molar-refractivity contribution in [1.82, 2.24) is 0 Å². The zero-order valence-electron chi connectivity index (χ0n) is 6.63. The fraction of sp³-hybridized carbons (Fsp3) is 0.111. The molecule has 0 atom stereocenters. The van der Waals surface area contributed by atoms with Crippen LogP contribution in [0.2, 0.25) is 0 Å². The van der Waals surface area contributed by atoms with E-state index in [9.17, 15) is 9.59 Å². The normalized spacial score (nSPS) is 15.2.